The third-order valence-corrected chi connectivity index (χ3v) is 12.7. The quantitative estimate of drug-likeness (QED) is 0.139. The second-order valence-corrected chi connectivity index (χ2v) is 24.0. The van der Waals surface area contributed by atoms with E-state index in [9.17, 15) is 19.2 Å². The predicted octanol–water partition coefficient (Wildman–Crippen LogP) is 8.25. The molecule has 0 spiro atoms. The lowest BCUT2D eigenvalue weighted by molar-refractivity contribution is -0.165. The molecule has 3 amide bonds. The summed E-state index contributed by atoms with van der Waals surface area (Å²) in [5.41, 5.74) is -2.23. The van der Waals surface area contributed by atoms with Crippen LogP contribution in [-0.4, -0.2) is 110 Å². The molecule has 15 heteroatoms. The third kappa shape index (κ3) is 16.4. The number of aliphatic imine (C=N–C) groups is 1. The van der Waals surface area contributed by atoms with Gasteiger partial charge in [0.2, 0.25) is 5.96 Å². The molecule has 0 radical (unpaired) electrons. The number of esters is 1. The molecule has 0 saturated heterocycles. The first-order valence-corrected chi connectivity index (χ1v) is 21.8. The number of alkyl carbamates (subject to hydrolysis) is 1. The summed E-state index contributed by atoms with van der Waals surface area (Å²) in [6, 6.07) is 7.34. The van der Waals surface area contributed by atoms with E-state index < -0.39 is 61.1 Å². The van der Waals surface area contributed by atoms with Gasteiger partial charge >= 0.3 is 24.2 Å². The molecule has 55 heavy (non-hydrogen) atoms. The third-order valence-electron chi connectivity index (χ3n) is 8.24. The Morgan fingerprint density at radius 1 is 0.800 bits per heavy atom. The van der Waals surface area contributed by atoms with Crippen LogP contribution in [-0.2, 0) is 28.2 Å². The molecule has 1 unspecified atom stereocenters. The highest BCUT2D eigenvalue weighted by atomic mass is 28.4. The van der Waals surface area contributed by atoms with Gasteiger partial charge in [0.15, 0.2) is 14.4 Å². The maximum atomic E-state index is 13.7. The van der Waals surface area contributed by atoms with Crippen molar-refractivity contribution in [1.82, 2.24) is 15.1 Å². The van der Waals surface area contributed by atoms with Gasteiger partial charge in [0.25, 0.3) is 0 Å². The summed E-state index contributed by atoms with van der Waals surface area (Å²) < 4.78 is 35.1. The second kappa shape index (κ2) is 17.9. The van der Waals surface area contributed by atoms with E-state index in [1.165, 1.54) is 9.80 Å². The van der Waals surface area contributed by atoms with E-state index in [4.69, 9.17) is 33.1 Å². The van der Waals surface area contributed by atoms with Crippen LogP contribution in [0, 0.1) is 0 Å². The number of rotatable bonds is 10. The number of hydrogen-bond acceptors (Lipinski definition) is 11. The SMILES string of the molecule is CC(C)(C)OC(=O)NCCN(C(=O)OC(C)(C)C)C1=NCC(c2ccc(OC[C@@H](O[Si](C)(C)C(C)(C)C)C(=O)OC(C)(C)C)cc2)CN1C(=O)OC(C)(C)C. The molecule has 1 aliphatic heterocycles. The van der Waals surface area contributed by atoms with Gasteiger partial charge in [-0.25, -0.2) is 29.0 Å². The van der Waals surface area contributed by atoms with E-state index in [2.05, 4.69) is 39.2 Å². The summed E-state index contributed by atoms with van der Waals surface area (Å²) in [6.07, 6.45) is -3.00. The molecule has 1 N–H and O–H groups in total. The van der Waals surface area contributed by atoms with Crippen molar-refractivity contribution in [3.8, 4) is 5.75 Å². The molecule has 0 aliphatic carbocycles. The van der Waals surface area contributed by atoms with Gasteiger partial charge in [-0.2, -0.15) is 0 Å². The highest BCUT2D eigenvalue weighted by Crippen LogP contribution is 2.38. The number of nitrogens with zero attached hydrogens (tertiary/aromatic N) is 3. The first-order valence-electron chi connectivity index (χ1n) is 18.9. The largest absolute Gasteiger partial charge is 0.490 e. The van der Waals surface area contributed by atoms with Crippen molar-refractivity contribution in [3.63, 3.8) is 0 Å². The van der Waals surface area contributed by atoms with Crippen molar-refractivity contribution in [3.05, 3.63) is 29.8 Å². The maximum absolute atomic E-state index is 13.7. The Morgan fingerprint density at radius 3 is 1.82 bits per heavy atom. The summed E-state index contributed by atoms with van der Waals surface area (Å²) in [5.74, 6) is -0.190. The number of nitrogens with one attached hydrogen (secondary N) is 1. The maximum Gasteiger partial charge on any atom is 0.417 e. The highest BCUT2D eigenvalue weighted by molar-refractivity contribution is 6.74. The van der Waals surface area contributed by atoms with E-state index >= 15 is 0 Å². The lowest BCUT2D eigenvalue weighted by Gasteiger charge is -2.39. The number of carbonyl (C=O) groups excluding carboxylic acids is 4. The monoisotopic (exact) mass is 792 g/mol. The van der Waals surface area contributed by atoms with Gasteiger partial charge in [0, 0.05) is 25.6 Å². The van der Waals surface area contributed by atoms with Crippen molar-refractivity contribution in [2.45, 2.75) is 156 Å². The Labute approximate surface area is 330 Å². The second-order valence-electron chi connectivity index (χ2n) is 19.3. The van der Waals surface area contributed by atoms with Gasteiger partial charge in [-0.1, -0.05) is 32.9 Å². The van der Waals surface area contributed by atoms with Crippen molar-refractivity contribution < 1.29 is 47.3 Å². The van der Waals surface area contributed by atoms with Crippen molar-refractivity contribution in [2.75, 3.05) is 32.8 Å². The lowest BCUT2D eigenvalue weighted by Crippen LogP contribution is -2.56. The van der Waals surface area contributed by atoms with Crippen molar-refractivity contribution in [1.29, 1.82) is 0 Å². The molecule has 2 atom stereocenters. The topological polar surface area (TPSA) is 155 Å². The summed E-state index contributed by atoms with van der Waals surface area (Å²) in [4.78, 5) is 60.3. The van der Waals surface area contributed by atoms with Gasteiger partial charge in [-0.15, -0.1) is 0 Å². The fraction of sp³-hybridized carbons (Fsp3) is 0.725. The van der Waals surface area contributed by atoms with E-state index in [1.54, 1.807) is 74.4 Å². The zero-order chi connectivity index (χ0) is 42.4. The minimum atomic E-state index is -2.35. The Bertz CT molecular complexity index is 1510. The molecule has 0 fully saturated rings. The molecule has 1 aromatic carbocycles. The van der Waals surface area contributed by atoms with Crippen LogP contribution in [0.5, 0.6) is 5.75 Å². The molecule has 0 aromatic heterocycles. The minimum absolute atomic E-state index is 0.00403. The summed E-state index contributed by atoms with van der Waals surface area (Å²) in [7, 11) is -2.35. The summed E-state index contributed by atoms with van der Waals surface area (Å²) in [6.45, 7) is 31.9. The average molecular weight is 793 g/mol. The molecular formula is C40H68N4O10Si. The van der Waals surface area contributed by atoms with E-state index in [0.717, 1.165) is 5.56 Å². The Balaban J connectivity index is 2.39. The fourth-order valence-corrected chi connectivity index (χ4v) is 6.01. The van der Waals surface area contributed by atoms with Crippen LogP contribution >= 0.6 is 0 Å². The zero-order valence-corrected chi connectivity index (χ0v) is 37.4. The van der Waals surface area contributed by atoms with Crippen molar-refractivity contribution >= 4 is 38.5 Å². The smallest absolute Gasteiger partial charge is 0.417 e. The average Bonchev–Trinajstić information content (AvgIpc) is 2.97. The lowest BCUT2D eigenvalue weighted by atomic mass is 9.97. The molecule has 0 bridgehead atoms. The minimum Gasteiger partial charge on any atom is -0.490 e. The van der Waals surface area contributed by atoms with Gasteiger partial charge in [-0.05, 0) is 119 Å². The van der Waals surface area contributed by atoms with E-state index in [0.29, 0.717) is 5.75 Å². The van der Waals surface area contributed by atoms with Gasteiger partial charge in [0.1, 0.15) is 34.8 Å². The summed E-state index contributed by atoms with van der Waals surface area (Å²) in [5, 5.41) is 2.52. The van der Waals surface area contributed by atoms with Crippen LogP contribution in [0.3, 0.4) is 0 Å². The number of benzene rings is 1. The van der Waals surface area contributed by atoms with Crippen LogP contribution in [0.4, 0.5) is 14.4 Å². The molecule has 14 nitrogen and oxygen atoms in total. The number of carbonyl (C=O) groups is 4. The molecule has 1 heterocycles. The molecule has 1 aromatic rings. The number of ether oxygens (including phenoxy) is 5. The standard InChI is InChI=1S/C40H68N4O10Si/c1-36(2,3)50-31(45)30(54-55(16,17)40(13,14)15)26-49-29-20-18-27(19-21-29)28-24-42-32(44(25-28)35(48)53-39(10,11)12)43(34(47)52-38(7,8)9)23-22-41-33(46)51-37(4,5)6/h18-21,28,30H,22-26H2,1-17H3,(H,41,46)/t28?,30-/m1/s1. The van der Waals surface area contributed by atoms with E-state index in [-0.39, 0.29) is 49.7 Å². The molecule has 2 rings (SSSR count). The molecular weight excluding hydrogens is 725 g/mol. The predicted molar refractivity (Wildman–Crippen MR) is 215 cm³/mol. The number of hydrogen-bond donors (Lipinski definition) is 1. The fourth-order valence-electron chi connectivity index (χ4n) is 4.78. The first kappa shape index (κ1) is 47.3. The van der Waals surface area contributed by atoms with E-state index in [1.807, 2.05) is 32.9 Å². The molecule has 1 aliphatic rings. The van der Waals surface area contributed by atoms with Crippen LogP contribution in [0.15, 0.2) is 29.3 Å². The Hall–Kier alpha value is -3.85. The zero-order valence-electron chi connectivity index (χ0n) is 36.4. The number of amides is 3. The van der Waals surface area contributed by atoms with Gasteiger partial charge in [-0.3, -0.25) is 4.99 Å². The van der Waals surface area contributed by atoms with Crippen molar-refractivity contribution in [2.24, 2.45) is 4.99 Å². The Morgan fingerprint density at radius 2 is 1.33 bits per heavy atom. The molecule has 0 saturated carbocycles. The first-order chi connectivity index (χ1) is 24.8. The van der Waals surface area contributed by atoms with Gasteiger partial charge in [0.05, 0.1) is 6.54 Å². The van der Waals surface area contributed by atoms with Crippen LogP contribution < -0.4 is 10.1 Å². The normalized spacial score (nSPS) is 16.3. The Kier molecular flexibility index (Phi) is 15.4. The van der Waals surface area contributed by atoms with Gasteiger partial charge < -0.3 is 33.4 Å². The number of guanidine groups is 1. The summed E-state index contributed by atoms with van der Waals surface area (Å²) >= 11 is 0. The highest BCUT2D eigenvalue weighted by Gasteiger charge is 2.42. The van der Waals surface area contributed by atoms with Crippen LogP contribution in [0.2, 0.25) is 18.1 Å². The van der Waals surface area contributed by atoms with Crippen LogP contribution in [0.1, 0.15) is 115 Å². The van der Waals surface area contributed by atoms with Crippen LogP contribution in [0.25, 0.3) is 0 Å². The molecule has 312 valence electrons.